The Kier molecular flexibility index (Phi) is 4.68. The lowest BCUT2D eigenvalue weighted by Gasteiger charge is -2.14. The van der Waals surface area contributed by atoms with Gasteiger partial charge < -0.3 is 10.2 Å². The van der Waals surface area contributed by atoms with Crippen LogP contribution in [0.25, 0.3) is 0 Å². The highest BCUT2D eigenvalue weighted by Gasteiger charge is 2.25. The maximum atomic E-state index is 11.7. The van der Waals surface area contributed by atoms with E-state index in [4.69, 9.17) is 0 Å². The SMILES string of the molecule is FC(F)(F)CCNCCN1CCCC1. The largest absolute Gasteiger partial charge is 0.390 e. The summed E-state index contributed by atoms with van der Waals surface area (Å²) in [7, 11) is 0. The van der Waals surface area contributed by atoms with Crippen LogP contribution in [0.5, 0.6) is 0 Å². The molecule has 1 saturated heterocycles. The topological polar surface area (TPSA) is 15.3 Å². The number of hydrogen-bond donors (Lipinski definition) is 1. The van der Waals surface area contributed by atoms with Gasteiger partial charge in [0.05, 0.1) is 6.42 Å². The van der Waals surface area contributed by atoms with Crippen LogP contribution < -0.4 is 5.32 Å². The minimum Gasteiger partial charge on any atom is -0.315 e. The van der Waals surface area contributed by atoms with Crippen molar-refractivity contribution >= 4 is 0 Å². The molecule has 0 atom stereocenters. The smallest absolute Gasteiger partial charge is 0.315 e. The van der Waals surface area contributed by atoms with Gasteiger partial charge in [0.25, 0.3) is 0 Å². The van der Waals surface area contributed by atoms with Crippen molar-refractivity contribution in [1.82, 2.24) is 10.2 Å². The molecule has 0 spiro atoms. The summed E-state index contributed by atoms with van der Waals surface area (Å²) in [5, 5.41) is 2.81. The van der Waals surface area contributed by atoms with Crippen LogP contribution >= 0.6 is 0 Å². The summed E-state index contributed by atoms with van der Waals surface area (Å²) in [6, 6.07) is 0. The van der Waals surface area contributed by atoms with Crippen molar-refractivity contribution in [2.24, 2.45) is 0 Å². The van der Waals surface area contributed by atoms with Gasteiger partial charge in [-0.05, 0) is 25.9 Å². The summed E-state index contributed by atoms with van der Waals surface area (Å²) in [4.78, 5) is 2.28. The van der Waals surface area contributed by atoms with Gasteiger partial charge >= 0.3 is 6.18 Å². The lowest BCUT2D eigenvalue weighted by atomic mass is 10.4. The van der Waals surface area contributed by atoms with Gasteiger partial charge in [-0.15, -0.1) is 0 Å². The molecule has 2 nitrogen and oxygen atoms in total. The second kappa shape index (κ2) is 5.56. The molecule has 0 aromatic rings. The molecule has 0 radical (unpaired) electrons. The number of rotatable bonds is 5. The highest BCUT2D eigenvalue weighted by Crippen LogP contribution is 2.17. The Morgan fingerprint density at radius 1 is 1.07 bits per heavy atom. The molecule has 0 amide bonds. The molecule has 0 unspecified atom stereocenters. The van der Waals surface area contributed by atoms with Gasteiger partial charge in [0.15, 0.2) is 0 Å². The fourth-order valence-corrected chi connectivity index (χ4v) is 1.60. The Morgan fingerprint density at radius 3 is 2.29 bits per heavy atom. The van der Waals surface area contributed by atoms with E-state index in [2.05, 4.69) is 10.2 Å². The fraction of sp³-hybridized carbons (Fsp3) is 1.00. The normalized spacial score (nSPS) is 19.1. The Labute approximate surface area is 82.5 Å². The highest BCUT2D eigenvalue weighted by atomic mass is 19.4. The lowest BCUT2D eigenvalue weighted by molar-refractivity contribution is -0.133. The average molecular weight is 210 g/mol. The van der Waals surface area contributed by atoms with Crippen molar-refractivity contribution in [1.29, 1.82) is 0 Å². The molecular formula is C9H17F3N2. The predicted octanol–water partition coefficient (Wildman–Crippen LogP) is 1.62. The van der Waals surface area contributed by atoms with Crippen LogP contribution in [0.1, 0.15) is 19.3 Å². The van der Waals surface area contributed by atoms with Crippen LogP contribution in [0.4, 0.5) is 13.2 Å². The van der Waals surface area contributed by atoms with E-state index < -0.39 is 12.6 Å². The van der Waals surface area contributed by atoms with E-state index in [-0.39, 0.29) is 6.54 Å². The van der Waals surface area contributed by atoms with Crippen molar-refractivity contribution in [3.05, 3.63) is 0 Å². The van der Waals surface area contributed by atoms with Gasteiger partial charge in [0, 0.05) is 19.6 Å². The van der Waals surface area contributed by atoms with E-state index in [1.54, 1.807) is 0 Å². The van der Waals surface area contributed by atoms with Gasteiger partial charge in [-0.1, -0.05) is 0 Å². The third-order valence-corrected chi connectivity index (χ3v) is 2.39. The van der Waals surface area contributed by atoms with Crippen LogP contribution in [-0.4, -0.2) is 43.8 Å². The van der Waals surface area contributed by atoms with Crippen molar-refractivity contribution in [2.45, 2.75) is 25.4 Å². The summed E-state index contributed by atoms with van der Waals surface area (Å²) in [6.07, 6.45) is -2.31. The van der Waals surface area contributed by atoms with Crippen LogP contribution in [-0.2, 0) is 0 Å². The first-order chi connectivity index (χ1) is 6.58. The summed E-state index contributed by atoms with van der Waals surface area (Å²) in [6.45, 7) is 3.77. The third kappa shape index (κ3) is 5.44. The number of likely N-dealkylation sites (tertiary alicyclic amines) is 1. The second-order valence-corrected chi connectivity index (χ2v) is 3.66. The van der Waals surface area contributed by atoms with Gasteiger partial charge in [-0.3, -0.25) is 0 Å². The predicted molar refractivity (Wildman–Crippen MR) is 49.2 cm³/mol. The zero-order valence-electron chi connectivity index (χ0n) is 8.24. The van der Waals surface area contributed by atoms with Crippen molar-refractivity contribution in [3.63, 3.8) is 0 Å². The maximum Gasteiger partial charge on any atom is 0.390 e. The summed E-state index contributed by atoms with van der Waals surface area (Å²) in [5.74, 6) is 0. The van der Waals surface area contributed by atoms with Crippen molar-refractivity contribution in [2.75, 3.05) is 32.7 Å². The zero-order chi connectivity index (χ0) is 10.4. The Bertz CT molecular complexity index is 153. The molecule has 0 bridgehead atoms. The number of alkyl halides is 3. The maximum absolute atomic E-state index is 11.7. The Hall–Kier alpha value is -0.290. The van der Waals surface area contributed by atoms with E-state index in [1.165, 1.54) is 12.8 Å². The molecule has 84 valence electrons. The van der Waals surface area contributed by atoms with Crippen molar-refractivity contribution in [3.8, 4) is 0 Å². The average Bonchev–Trinajstić information content (AvgIpc) is 2.54. The number of nitrogens with one attached hydrogen (secondary N) is 1. The standard InChI is InChI=1S/C9H17F3N2/c10-9(11,12)3-4-13-5-8-14-6-1-2-7-14/h13H,1-8H2. The van der Waals surface area contributed by atoms with Crippen molar-refractivity contribution < 1.29 is 13.2 Å². The van der Waals surface area contributed by atoms with E-state index in [1.807, 2.05) is 0 Å². The minimum absolute atomic E-state index is 0.0390. The number of nitrogens with zero attached hydrogens (tertiary/aromatic N) is 1. The Balaban J connectivity index is 1.89. The summed E-state index contributed by atoms with van der Waals surface area (Å²) >= 11 is 0. The summed E-state index contributed by atoms with van der Waals surface area (Å²) < 4.78 is 35.2. The minimum atomic E-state index is -4.03. The van der Waals surface area contributed by atoms with Gasteiger partial charge in [-0.25, -0.2) is 0 Å². The van der Waals surface area contributed by atoms with Gasteiger partial charge in [0.2, 0.25) is 0 Å². The second-order valence-electron chi connectivity index (χ2n) is 3.66. The molecule has 1 fully saturated rings. The van der Waals surface area contributed by atoms with Crippen LogP contribution in [0, 0.1) is 0 Å². The molecule has 1 rings (SSSR count). The number of hydrogen-bond acceptors (Lipinski definition) is 2. The van der Waals surface area contributed by atoms with E-state index in [0.29, 0.717) is 6.54 Å². The molecule has 1 aliphatic rings. The van der Waals surface area contributed by atoms with Gasteiger partial charge in [-0.2, -0.15) is 13.2 Å². The first-order valence-corrected chi connectivity index (χ1v) is 5.08. The third-order valence-electron chi connectivity index (χ3n) is 2.39. The van der Waals surface area contributed by atoms with Crippen LogP contribution in [0.3, 0.4) is 0 Å². The first-order valence-electron chi connectivity index (χ1n) is 5.08. The molecule has 0 aliphatic carbocycles. The molecule has 0 aromatic carbocycles. The van der Waals surface area contributed by atoms with Gasteiger partial charge in [0.1, 0.15) is 0 Å². The lowest BCUT2D eigenvalue weighted by Crippen LogP contribution is -2.31. The Morgan fingerprint density at radius 2 is 1.71 bits per heavy atom. The zero-order valence-corrected chi connectivity index (χ0v) is 8.24. The molecule has 1 N–H and O–H groups in total. The monoisotopic (exact) mass is 210 g/mol. The molecule has 0 aromatic heterocycles. The van der Waals surface area contributed by atoms with E-state index >= 15 is 0 Å². The first kappa shape index (κ1) is 11.8. The molecule has 1 aliphatic heterocycles. The van der Waals surface area contributed by atoms with Crippen LogP contribution in [0.15, 0.2) is 0 Å². The van der Waals surface area contributed by atoms with E-state index in [0.717, 1.165) is 19.6 Å². The molecular weight excluding hydrogens is 193 g/mol. The molecule has 0 saturated carbocycles. The van der Waals surface area contributed by atoms with Crippen LogP contribution in [0.2, 0.25) is 0 Å². The molecule has 5 heteroatoms. The quantitative estimate of drug-likeness (QED) is 0.694. The summed E-state index contributed by atoms with van der Waals surface area (Å²) in [5.41, 5.74) is 0. The van der Waals surface area contributed by atoms with E-state index in [9.17, 15) is 13.2 Å². The molecule has 1 heterocycles. The molecule has 14 heavy (non-hydrogen) atoms. The fourth-order valence-electron chi connectivity index (χ4n) is 1.60. The highest BCUT2D eigenvalue weighted by molar-refractivity contribution is 4.67. The number of halogens is 3.